The zero-order valence-electron chi connectivity index (χ0n) is 21.9. The standard InChI is InChI=1S/C32H36N4O2/c37-31(35-20-16-33(17-21-35)27-14-8-3-9-15-27)28-24-29(28)32(38)36-22-18-34(19-23-36)30(25-10-4-1-5-11-25)26-12-6-2-7-13-26/h1-15,28-30H,16-24H2. The van der Waals surface area contributed by atoms with Crippen LogP contribution in [-0.4, -0.2) is 78.9 Å². The maximum Gasteiger partial charge on any atom is 0.226 e. The van der Waals surface area contributed by atoms with Gasteiger partial charge in [0.15, 0.2) is 0 Å². The van der Waals surface area contributed by atoms with E-state index < -0.39 is 0 Å². The fraction of sp³-hybridized carbons (Fsp3) is 0.375. The number of carbonyl (C=O) groups is 2. The monoisotopic (exact) mass is 508 g/mol. The van der Waals surface area contributed by atoms with Gasteiger partial charge in [0, 0.05) is 58.0 Å². The van der Waals surface area contributed by atoms with Crippen molar-refractivity contribution in [2.24, 2.45) is 11.8 Å². The maximum atomic E-state index is 13.3. The van der Waals surface area contributed by atoms with Gasteiger partial charge in [0.2, 0.25) is 11.8 Å². The number of benzene rings is 3. The van der Waals surface area contributed by atoms with Crippen molar-refractivity contribution in [3.05, 3.63) is 102 Å². The topological polar surface area (TPSA) is 47.1 Å². The molecule has 0 aromatic heterocycles. The van der Waals surface area contributed by atoms with Crippen LogP contribution in [0, 0.1) is 11.8 Å². The second kappa shape index (κ2) is 11.0. The van der Waals surface area contributed by atoms with Gasteiger partial charge in [0.05, 0.1) is 17.9 Å². The van der Waals surface area contributed by atoms with Crippen molar-refractivity contribution in [2.45, 2.75) is 12.5 Å². The predicted molar refractivity (Wildman–Crippen MR) is 150 cm³/mol. The van der Waals surface area contributed by atoms with Crippen LogP contribution in [0.3, 0.4) is 0 Å². The SMILES string of the molecule is O=C(C1CC1C(=O)N1CCN(C(c2ccccc2)c2ccccc2)CC1)N1CCN(c2ccccc2)CC1. The van der Waals surface area contributed by atoms with E-state index in [9.17, 15) is 9.59 Å². The molecule has 0 bridgehead atoms. The molecule has 196 valence electrons. The van der Waals surface area contributed by atoms with Crippen LogP contribution in [0.15, 0.2) is 91.0 Å². The quantitative estimate of drug-likeness (QED) is 0.507. The third kappa shape index (κ3) is 5.18. The summed E-state index contributed by atoms with van der Waals surface area (Å²) in [5, 5.41) is 0. The number of rotatable bonds is 6. The Balaban J connectivity index is 1.02. The van der Waals surface area contributed by atoms with Crippen molar-refractivity contribution in [3.8, 4) is 0 Å². The fourth-order valence-corrected chi connectivity index (χ4v) is 6.12. The lowest BCUT2D eigenvalue weighted by atomic mass is 9.96. The molecule has 6 heteroatoms. The summed E-state index contributed by atoms with van der Waals surface area (Å²) in [4.78, 5) is 35.3. The van der Waals surface area contributed by atoms with Gasteiger partial charge in [-0.15, -0.1) is 0 Å². The largest absolute Gasteiger partial charge is 0.368 e. The minimum Gasteiger partial charge on any atom is -0.368 e. The summed E-state index contributed by atoms with van der Waals surface area (Å²) in [6.07, 6.45) is 0.702. The summed E-state index contributed by atoms with van der Waals surface area (Å²) >= 11 is 0. The van der Waals surface area contributed by atoms with Crippen LogP contribution in [0.4, 0.5) is 5.69 Å². The average molecular weight is 509 g/mol. The minimum atomic E-state index is -0.139. The van der Waals surface area contributed by atoms with Crippen LogP contribution in [0.5, 0.6) is 0 Å². The molecule has 0 N–H and O–H groups in total. The van der Waals surface area contributed by atoms with E-state index in [1.165, 1.54) is 16.8 Å². The van der Waals surface area contributed by atoms with E-state index in [0.717, 1.165) is 39.3 Å². The second-order valence-electron chi connectivity index (χ2n) is 10.7. The molecule has 38 heavy (non-hydrogen) atoms. The highest BCUT2D eigenvalue weighted by molar-refractivity contribution is 5.92. The summed E-state index contributed by atoms with van der Waals surface area (Å²) in [6, 6.07) is 31.8. The summed E-state index contributed by atoms with van der Waals surface area (Å²) in [7, 11) is 0. The van der Waals surface area contributed by atoms with Crippen molar-refractivity contribution in [1.82, 2.24) is 14.7 Å². The lowest BCUT2D eigenvalue weighted by Gasteiger charge is -2.40. The number of carbonyl (C=O) groups excluding carboxylic acids is 2. The lowest BCUT2D eigenvalue weighted by Crippen LogP contribution is -2.51. The van der Waals surface area contributed by atoms with Gasteiger partial charge in [-0.2, -0.15) is 0 Å². The van der Waals surface area contributed by atoms with Gasteiger partial charge in [-0.3, -0.25) is 14.5 Å². The van der Waals surface area contributed by atoms with E-state index >= 15 is 0 Å². The number of anilines is 1. The lowest BCUT2D eigenvalue weighted by molar-refractivity contribution is -0.139. The molecular formula is C32H36N4O2. The molecule has 1 saturated carbocycles. The summed E-state index contributed by atoms with van der Waals surface area (Å²) in [6.45, 7) is 6.21. The number of hydrogen-bond acceptors (Lipinski definition) is 4. The van der Waals surface area contributed by atoms with Gasteiger partial charge >= 0.3 is 0 Å². The molecule has 6 rings (SSSR count). The predicted octanol–water partition coefficient (Wildman–Crippen LogP) is 3.91. The average Bonchev–Trinajstić information content (AvgIpc) is 3.80. The normalized spacial score (nSPS) is 22.0. The first kappa shape index (κ1) is 24.7. The van der Waals surface area contributed by atoms with Crippen molar-refractivity contribution in [2.75, 3.05) is 57.3 Å². The van der Waals surface area contributed by atoms with Gasteiger partial charge in [0.1, 0.15) is 0 Å². The van der Waals surface area contributed by atoms with Gasteiger partial charge in [-0.05, 0) is 29.7 Å². The Morgan fingerprint density at radius 1 is 0.553 bits per heavy atom. The van der Waals surface area contributed by atoms with Crippen molar-refractivity contribution >= 4 is 17.5 Å². The molecular weight excluding hydrogens is 472 g/mol. The molecule has 2 aliphatic heterocycles. The van der Waals surface area contributed by atoms with Crippen molar-refractivity contribution < 1.29 is 9.59 Å². The van der Waals surface area contributed by atoms with Crippen LogP contribution in [-0.2, 0) is 9.59 Å². The summed E-state index contributed by atoms with van der Waals surface area (Å²) < 4.78 is 0. The molecule has 2 heterocycles. The number of piperazine rings is 2. The number of amides is 2. The van der Waals surface area contributed by atoms with Gasteiger partial charge in [-0.25, -0.2) is 0 Å². The molecule has 0 radical (unpaired) electrons. The first-order valence-electron chi connectivity index (χ1n) is 13.9. The van der Waals surface area contributed by atoms with E-state index in [0.29, 0.717) is 19.5 Å². The Labute approximate surface area is 225 Å². The smallest absolute Gasteiger partial charge is 0.226 e. The highest BCUT2D eigenvalue weighted by Gasteiger charge is 2.51. The Kier molecular flexibility index (Phi) is 7.14. The summed E-state index contributed by atoms with van der Waals surface area (Å²) in [5.41, 5.74) is 3.76. The third-order valence-corrected chi connectivity index (χ3v) is 8.36. The van der Waals surface area contributed by atoms with Crippen LogP contribution in [0.1, 0.15) is 23.6 Å². The highest BCUT2D eigenvalue weighted by Crippen LogP contribution is 2.42. The van der Waals surface area contributed by atoms with Crippen LogP contribution < -0.4 is 4.90 Å². The fourth-order valence-electron chi connectivity index (χ4n) is 6.12. The number of para-hydroxylation sites is 1. The Hall–Kier alpha value is -3.64. The highest BCUT2D eigenvalue weighted by atomic mass is 16.2. The van der Waals surface area contributed by atoms with Gasteiger partial charge in [-0.1, -0.05) is 78.9 Å². The van der Waals surface area contributed by atoms with Gasteiger partial charge in [0.25, 0.3) is 0 Å². The number of hydrogen-bond donors (Lipinski definition) is 0. The molecule has 3 aromatic rings. The zero-order chi connectivity index (χ0) is 25.9. The first-order chi connectivity index (χ1) is 18.7. The molecule has 2 saturated heterocycles. The third-order valence-electron chi connectivity index (χ3n) is 8.36. The maximum absolute atomic E-state index is 13.3. The van der Waals surface area contributed by atoms with E-state index in [4.69, 9.17) is 0 Å². The Morgan fingerprint density at radius 2 is 0.974 bits per heavy atom. The molecule has 1 aliphatic carbocycles. The minimum absolute atomic E-state index is 0.134. The first-order valence-corrected chi connectivity index (χ1v) is 13.9. The van der Waals surface area contributed by atoms with Crippen molar-refractivity contribution in [3.63, 3.8) is 0 Å². The van der Waals surface area contributed by atoms with Crippen LogP contribution in [0.25, 0.3) is 0 Å². The molecule has 3 aliphatic rings. The van der Waals surface area contributed by atoms with E-state index in [-0.39, 0.29) is 29.7 Å². The van der Waals surface area contributed by atoms with Crippen LogP contribution >= 0.6 is 0 Å². The van der Waals surface area contributed by atoms with E-state index in [1.807, 2.05) is 15.9 Å². The molecule has 2 amide bonds. The molecule has 2 unspecified atom stereocenters. The molecule has 0 spiro atoms. The number of nitrogens with zero attached hydrogens (tertiary/aromatic N) is 4. The van der Waals surface area contributed by atoms with Crippen molar-refractivity contribution in [1.29, 1.82) is 0 Å². The Bertz CT molecular complexity index is 1180. The van der Waals surface area contributed by atoms with E-state index in [2.05, 4.69) is 94.7 Å². The van der Waals surface area contributed by atoms with Gasteiger partial charge < -0.3 is 14.7 Å². The molecule has 6 nitrogen and oxygen atoms in total. The van der Waals surface area contributed by atoms with E-state index in [1.54, 1.807) is 0 Å². The molecule has 2 atom stereocenters. The zero-order valence-corrected chi connectivity index (χ0v) is 21.9. The molecule has 3 fully saturated rings. The summed E-state index contributed by atoms with van der Waals surface area (Å²) in [5.74, 6) is 0.0650. The second-order valence-corrected chi connectivity index (χ2v) is 10.7. The Morgan fingerprint density at radius 3 is 1.45 bits per heavy atom. The molecule has 3 aromatic carbocycles. The van der Waals surface area contributed by atoms with Crippen LogP contribution in [0.2, 0.25) is 0 Å².